The number of rotatable bonds is 4. The summed E-state index contributed by atoms with van der Waals surface area (Å²) in [6.45, 7) is 8.34. The smallest absolute Gasteiger partial charge is 0.0415 e. The maximum atomic E-state index is 3.48. The molecule has 90 valence electrons. The first-order valence-electron chi connectivity index (χ1n) is 6.15. The quantitative estimate of drug-likeness (QED) is 0.843. The van der Waals surface area contributed by atoms with Crippen LogP contribution in [0, 0.1) is 13.8 Å². The van der Waals surface area contributed by atoms with Crippen LogP contribution in [0.1, 0.15) is 23.6 Å². The number of hydrogen-bond donors (Lipinski definition) is 1. The highest BCUT2D eigenvalue weighted by Crippen LogP contribution is 2.17. The van der Waals surface area contributed by atoms with Gasteiger partial charge in [-0.25, -0.2) is 0 Å². The lowest BCUT2D eigenvalue weighted by atomic mass is 10.1. The van der Waals surface area contributed by atoms with Crippen molar-refractivity contribution in [2.75, 3.05) is 5.32 Å². The van der Waals surface area contributed by atoms with Gasteiger partial charge in [0.2, 0.25) is 0 Å². The van der Waals surface area contributed by atoms with Crippen LogP contribution in [0.4, 0.5) is 5.69 Å². The van der Waals surface area contributed by atoms with Gasteiger partial charge in [-0.15, -0.1) is 0 Å². The lowest BCUT2D eigenvalue weighted by molar-refractivity contribution is 0.766. The van der Waals surface area contributed by atoms with Crippen LogP contribution in [0.25, 0.3) is 0 Å². The second-order valence-electron chi connectivity index (χ2n) is 4.52. The Kier molecular flexibility index (Phi) is 3.52. The molecule has 1 heterocycles. The fourth-order valence-corrected chi connectivity index (χ4v) is 2.00. The minimum absolute atomic E-state index is 0.886. The van der Waals surface area contributed by atoms with E-state index in [2.05, 4.69) is 67.3 Å². The number of benzene rings is 1. The van der Waals surface area contributed by atoms with E-state index in [0.717, 1.165) is 13.1 Å². The zero-order valence-corrected chi connectivity index (χ0v) is 10.8. The molecule has 0 spiro atoms. The van der Waals surface area contributed by atoms with E-state index in [1.807, 2.05) is 0 Å². The van der Waals surface area contributed by atoms with E-state index in [1.165, 1.54) is 22.4 Å². The SMILES string of the molecule is CCn1ccc(CNc2ccc(C)cc2C)c1. The molecule has 0 aliphatic heterocycles. The van der Waals surface area contributed by atoms with Crippen molar-refractivity contribution in [3.8, 4) is 0 Å². The van der Waals surface area contributed by atoms with Crippen LogP contribution in [0.3, 0.4) is 0 Å². The first kappa shape index (κ1) is 11.8. The number of aryl methyl sites for hydroxylation is 3. The molecule has 0 aliphatic carbocycles. The van der Waals surface area contributed by atoms with Crippen LogP contribution in [0.5, 0.6) is 0 Å². The third-order valence-corrected chi connectivity index (χ3v) is 3.04. The molecule has 0 bridgehead atoms. The van der Waals surface area contributed by atoms with Crippen molar-refractivity contribution in [1.82, 2.24) is 4.57 Å². The minimum Gasteiger partial charge on any atom is -0.381 e. The van der Waals surface area contributed by atoms with Crippen molar-refractivity contribution >= 4 is 5.69 Å². The first-order valence-corrected chi connectivity index (χ1v) is 6.15. The van der Waals surface area contributed by atoms with Gasteiger partial charge in [-0.1, -0.05) is 17.7 Å². The molecule has 0 fully saturated rings. The van der Waals surface area contributed by atoms with Crippen LogP contribution >= 0.6 is 0 Å². The summed E-state index contributed by atoms with van der Waals surface area (Å²) < 4.78 is 2.19. The molecule has 0 atom stereocenters. The second kappa shape index (κ2) is 5.09. The average molecular weight is 228 g/mol. The van der Waals surface area contributed by atoms with Crippen molar-refractivity contribution in [3.63, 3.8) is 0 Å². The van der Waals surface area contributed by atoms with Crippen molar-refractivity contribution in [3.05, 3.63) is 53.3 Å². The molecule has 0 aliphatic rings. The highest BCUT2D eigenvalue weighted by atomic mass is 14.9. The Morgan fingerprint density at radius 3 is 2.65 bits per heavy atom. The molecule has 0 saturated carbocycles. The minimum atomic E-state index is 0.886. The van der Waals surface area contributed by atoms with E-state index < -0.39 is 0 Å². The summed E-state index contributed by atoms with van der Waals surface area (Å²) in [6.07, 6.45) is 4.32. The summed E-state index contributed by atoms with van der Waals surface area (Å²) in [5.74, 6) is 0. The lowest BCUT2D eigenvalue weighted by Crippen LogP contribution is -2.00. The standard InChI is InChI=1S/C15H20N2/c1-4-17-8-7-14(11-17)10-16-15-6-5-12(2)9-13(15)3/h5-9,11,16H,4,10H2,1-3H3. The Hall–Kier alpha value is -1.70. The largest absolute Gasteiger partial charge is 0.381 e. The van der Waals surface area contributed by atoms with Gasteiger partial charge in [0, 0.05) is 31.2 Å². The van der Waals surface area contributed by atoms with E-state index in [4.69, 9.17) is 0 Å². The second-order valence-corrected chi connectivity index (χ2v) is 4.52. The molecular weight excluding hydrogens is 208 g/mol. The van der Waals surface area contributed by atoms with Crippen molar-refractivity contribution in [2.24, 2.45) is 0 Å². The summed E-state index contributed by atoms with van der Waals surface area (Å²) in [6, 6.07) is 8.67. The molecule has 2 heteroatoms. The third kappa shape index (κ3) is 2.90. The molecule has 2 nitrogen and oxygen atoms in total. The lowest BCUT2D eigenvalue weighted by Gasteiger charge is -2.09. The Labute approximate surface area is 103 Å². The molecule has 1 aromatic carbocycles. The van der Waals surface area contributed by atoms with E-state index in [0.29, 0.717) is 0 Å². The van der Waals surface area contributed by atoms with Gasteiger partial charge in [0.25, 0.3) is 0 Å². The van der Waals surface area contributed by atoms with Gasteiger partial charge in [0.1, 0.15) is 0 Å². The number of anilines is 1. The van der Waals surface area contributed by atoms with Crippen molar-refractivity contribution in [2.45, 2.75) is 33.9 Å². The van der Waals surface area contributed by atoms with Crippen LogP contribution in [0.15, 0.2) is 36.7 Å². The fraction of sp³-hybridized carbons (Fsp3) is 0.333. The molecule has 1 aromatic heterocycles. The fourth-order valence-electron chi connectivity index (χ4n) is 2.00. The Balaban J connectivity index is 2.02. The normalized spacial score (nSPS) is 10.5. The monoisotopic (exact) mass is 228 g/mol. The van der Waals surface area contributed by atoms with Gasteiger partial charge in [-0.05, 0) is 44.0 Å². The Morgan fingerprint density at radius 1 is 1.18 bits per heavy atom. The highest BCUT2D eigenvalue weighted by Gasteiger charge is 1.99. The van der Waals surface area contributed by atoms with E-state index in [1.54, 1.807) is 0 Å². The zero-order valence-electron chi connectivity index (χ0n) is 10.8. The third-order valence-electron chi connectivity index (χ3n) is 3.04. The molecule has 2 rings (SSSR count). The number of hydrogen-bond acceptors (Lipinski definition) is 1. The van der Waals surface area contributed by atoms with Gasteiger partial charge in [0.05, 0.1) is 0 Å². The molecular formula is C15H20N2. The number of nitrogens with one attached hydrogen (secondary N) is 1. The predicted molar refractivity (Wildman–Crippen MR) is 73.3 cm³/mol. The average Bonchev–Trinajstić information content (AvgIpc) is 2.76. The van der Waals surface area contributed by atoms with Crippen molar-refractivity contribution in [1.29, 1.82) is 0 Å². The summed E-state index contributed by atoms with van der Waals surface area (Å²) in [5, 5.41) is 3.48. The van der Waals surface area contributed by atoms with E-state index in [9.17, 15) is 0 Å². The Bertz CT molecular complexity index is 497. The van der Waals surface area contributed by atoms with Crippen molar-refractivity contribution < 1.29 is 0 Å². The van der Waals surface area contributed by atoms with E-state index >= 15 is 0 Å². The van der Waals surface area contributed by atoms with E-state index in [-0.39, 0.29) is 0 Å². The zero-order chi connectivity index (χ0) is 12.3. The molecule has 17 heavy (non-hydrogen) atoms. The van der Waals surface area contributed by atoms with Gasteiger partial charge < -0.3 is 9.88 Å². The van der Waals surface area contributed by atoms with Gasteiger partial charge in [-0.3, -0.25) is 0 Å². The van der Waals surface area contributed by atoms with Crippen LogP contribution in [-0.4, -0.2) is 4.57 Å². The molecule has 0 radical (unpaired) electrons. The number of aromatic nitrogens is 1. The maximum Gasteiger partial charge on any atom is 0.0415 e. The van der Waals surface area contributed by atoms with Crippen LogP contribution in [-0.2, 0) is 13.1 Å². The van der Waals surface area contributed by atoms with Crippen LogP contribution < -0.4 is 5.32 Å². The molecule has 2 aromatic rings. The topological polar surface area (TPSA) is 17.0 Å². The maximum absolute atomic E-state index is 3.48. The molecule has 0 unspecified atom stereocenters. The molecule has 1 N–H and O–H groups in total. The number of nitrogens with zero attached hydrogens (tertiary/aromatic N) is 1. The van der Waals surface area contributed by atoms with Gasteiger partial charge in [0.15, 0.2) is 0 Å². The summed E-state index contributed by atoms with van der Waals surface area (Å²) >= 11 is 0. The molecule has 0 amide bonds. The summed E-state index contributed by atoms with van der Waals surface area (Å²) in [5.41, 5.74) is 5.16. The predicted octanol–water partition coefficient (Wildman–Crippen LogP) is 3.74. The van der Waals surface area contributed by atoms with Gasteiger partial charge >= 0.3 is 0 Å². The summed E-state index contributed by atoms with van der Waals surface area (Å²) in [4.78, 5) is 0. The molecule has 0 saturated heterocycles. The Morgan fingerprint density at radius 2 is 2.00 bits per heavy atom. The van der Waals surface area contributed by atoms with Gasteiger partial charge in [-0.2, -0.15) is 0 Å². The summed E-state index contributed by atoms with van der Waals surface area (Å²) in [7, 11) is 0. The van der Waals surface area contributed by atoms with Crippen LogP contribution in [0.2, 0.25) is 0 Å². The first-order chi connectivity index (χ1) is 8.19. The highest BCUT2D eigenvalue weighted by molar-refractivity contribution is 5.52.